The van der Waals surface area contributed by atoms with Gasteiger partial charge in [0, 0.05) is 17.5 Å². The summed E-state index contributed by atoms with van der Waals surface area (Å²) in [5.41, 5.74) is -5.55. The van der Waals surface area contributed by atoms with Crippen LogP contribution in [0, 0.1) is 18.7 Å². The molecule has 1 aliphatic rings. The standard InChI is InChI=1S/C18H15ClF4N2O4S/c1-7-14(18(21,22)23)24(2)17(29)25(15(7)26)11-6-12(9(19)5-10(11)20)30-13(16(27)28)8-3-4-8/h5-6,8,13H,3-4H2,1-2H3,(H,27,28). The monoisotopic (exact) mass is 466 g/mol. The number of halogens is 5. The molecule has 0 radical (unpaired) electrons. The first-order valence-electron chi connectivity index (χ1n) is 8.63. The van der Waals surface area contributed by atoms with Crippen molar-refractivity contribution >= 4 is 29.3 Å². The van der Waals surface area contributed by atoms with Crippen molar-refractivity contribution in [1.82, 2.24) is 9.13 Å². The van der Waals surface area contributed by atoms with E-state index in [-0.39, 0.29) is 25.0 Å². The number of carboxylic acids is 1. The number of benzene rings is 1. The number of aliphatic carboxylic acids is 1. The minimum Gasteiger partial charge on any atom is -0.480 e. The lowest BCUT2D eigenvalue weighted by Crippen LogP contribution is -2.43. The zero-order valence-corrected chi connectivity index (χ0v) is 17.2. The molecule has 3 rings (SSSR count). The Balaban J connectivity index is 2.21. The third-order valence-electron chi connectivity index (χ3n) is 4.75. The molecule has 30 heavy (non-hydrogen) atoms. The largest absolute Gasteiger partial charge is 0.480 e. The lowest BCUT2D eigenvalue weighted by atomic mass is 10.2. The Hall–Kier alpha value is -2.27. The maximum Gasteiger partial charge on any atom is 0.432 e. The van der Waals surface area contributed by atoms with Crippen molar-refractivity contribution in [2.45, 2.75) is 36.1 Å². The van der Waals surface area contributed by atoms with E-state index in [1.54, 1.807) is 0 Å². The first-order valence-corrected chi connectivity index (χ1v) is 9.89. The highest BCUT2D eigenvalue weighted by Crippen LogP contribution is 2.44. The number of rotatable bonds is 5. The second-order valence-corrected chi connectivity index (χ2v) is 8.49. The molecular weight excluding hydrogens is 452 g/mol. The van der Waals surface area contributed by atoms with Crippen molar-refractivity contribution < 1.29 is 27.5 Å². The molecule has 12 heteroatoms. The van der Waals surface area contributed by atoms with E-state index in [1.165, 1.54) is 0 Å². The quantitative estimate of drug-likeness (QED) is 0.538. The smallest absolute Gasteiger partial charge is 0.432 e. The number of nitrogens with zero attached hydrogens (tertiary/aromatic N) is 2. The average molecular weight is 467 g/mol. The van der Waals surface area contributed by atoms with Crippen LogP contribution >= 0.6 is 23.4 Å². The SMILES string of the molecule is Cc1c(C(F)(F)F)n(C)c(=O)n(-c2cc(SC(C(=O)O)C3CC3)c(Cl)cc2F)c1=O. The lowest BCUT2D eigenvalue weighted by molar-refractivity contribution is -0.144. The van der Waals surface area contributed by atoms with Gasteiger partial charge in [0.2, 0.25) is 0 Å². The molecule has 1 saturated carbocycles. The summed E-state index contributed by atoms with van der Waals surface area (Å²) in [7, 11) is 0.825. The molecule has 0 saturated heterocycles. The molecule has 1 aromatic heterocycles. The fourth-order valence-electron chi connectivity index (χ4n) is 3.13. The Bertz CT molecular complexity index is 1120. The Kier molecular flexibility index (Phi) is 5.80. The van der Waals surface area contributed by atoms with E-state index in [4.69, 9.17) is 11.6 Å². The zero-order valence-electron chi connectivity index (χ0n) is 15.6. The van der Waals surface area contributed by atoms with E-state index in [0.717, 1.165) is 37.9 Å². The molecule has 0 aliphatic heterocycles. The highest BCUT2D eigenvalue weighted by molar-refractivity contribution is 8.00. The maximum absolute atomic E-state index is 14.6. The van der Waals surface area contributed by atoms with Crippen LogP contribution in [0.1, 0.15) is 24.1 Å². The van der Waals surface area contributed by atoms with Gasteiger partial charge in [-0.15, -0.1) is 11.8 Å². The van der Waals surface area contributed by atoms with Crippen LogP contribution in [0.25, 0.3) is 5.69 Å². The van der Waals surface area contributed by atoms with Gasteiger partial charge >= 0.3 is 17.8 Å². The minimum absolute atomic E-state index is 0.0962. The third-order valence-corrected chi connectivity index (χ3v) is 6.61. The summed E-state index contributed by atoms with van der Waals surface area (Å²) in [6.45, 7) is 0.887. The van der Waals surface area contributed by atoms with Crippen LogP contribution in [0.15, 0.2) is 26.6 Å². The van der Waals surface area contributed by atoms with Crippen LogP contribution in [0.2, 0.25) is 5.02 Å². The van der Waals surface area contributed by atoms with Gasteiger partial charge in [-0.25, -0.2) is 13.8 Å². The highest BCUT2D eigenvalue weighted by atomic mass is 35.5. The second kappa shape index (κ2) is 7.77. The van der Waals surface area contributed by atoms with Crippen molar-refractivity contribution in [2.24, 2.45) is 13.0 Å². The first kappa shape index (κ1) is 22.4. The van der Waals surface area contributed by atoms with Gasteiger partial charge in [-0.05, 0) is 37.8 Å². The molecular formula is C18H15ClF4N2O4S. The molecule has 1 aliphatic carbocycles. The average Bonchev–Trinajstić information content (AvgIpc) is 3.44. The number of hydrogen-bond donors (Lipinski definition) is 1. The van der Waals surface area contributed by atoms with Gasteiger partial charge in [0.05, 0.1) is 10.7 Å². The zero-order chi connectivity index (χ0) is 22.5. The Morgan fingerprint density at radius 2 is 1.90 bits per heavy atom. The summed E-state index contributed by atoms with van der Waals surface area (Å²) < 4.78 is 54.8. The van der Waals surface area contributed by atoms with Crippen LogP contribution in [0.3, 0.4) is 0 Å². The summed E-state index contributed by atoms with van der Waals surface area (Å²) >= 11 is 6.85. The van der Waals surface area contributed by atoms with Gasteiger partial charge in [-0.2, -0.15) is 13.2 Å². The van der Waals surface area contributed by atoms with Crippen LogP contribution in [0.4, 0.5) is 17.6 Å². The Morgan fingerprint density at radius 3 is 2.40 bits per heavy atom. The van der Waals surface area contributed by atoms with Crippen LogP contribution < -0.4 is 11.2 Å². The van der Waals surface area contributed by atoms with Gasteiger partial charge in [0.15, 0.2) is 0 Å². The predicted octanol–water partition coefficient (Wildman–Crippen LogP) is 3.61. The van der Waals surface area contributed by atoms with E-state index in [1.807, 2.05) is 0 Å². The van der Waals surface area contributed by atoms with Crippen LogP contribution in [-0.4, -0.2) is 25.5 Å². The van der Waals surface area contributed by atoms with Gasteiger partial charge in [0.1, 0.15) is 16.8 Å². The number of hydrogen-bond acceptors (Lipinski definition) is 4. The Labute approximate surface area is 176 Å². The molecule has 1 aromatic carbocycles. The van der Waals surface area contributed by atoms with Gasteiger partial charge < -0.3 is 5.11 Å². The number of thioether (sulfide) groups is 1. The number of aromatic nitrogens is 2. The van der Waals surface area contributed by atoms with Crippen molar-refractivity contribution in [3.63, 3.8) is 0 Å². The van der Waals surface area contributed by atoms with Crippen LogP contribution in [0.5, 0.6) is 0 Å². The molecule has 6 nitrogen and oxygen atoms in total. The molecule has 1 heterocycles. The highest BCUT2D eigenvalue weighted by Gasteiger charge is 2.39. The summed E-state index contributed by atoms with van der Waals surface area (Å²) in [5, 5.41) is 8.39. The van der Waals surface area contributed by atoms with Gasteiger partial charge in [-0.1, -0.05) is 11.6 Å². The topological polar surface area (TPSA) is 81.3 Å². The number of carbonyl (C=O) groups is 1. The molecule has 1 atom stereocenters. The van der Waals surface area contributed by atoms with Crippen molar-refractivity contribution in [1.29, 1.82) is 0 Å². The maximum atomic E-state index is 14.6. The molecule has 1 N–H and O–H groups in total. The Morgan fingerprint density at radius 1 is 1.30 bits per heavy atom. The van der Waals surface area contributed by atoms with Crippen molar-refractivity contribution in [2.75, 3.05) is 0 Å². The number of carboxylic acid groups (broad SMARTS) is 1. The fourth-order valence-corrected chi connectivity index (χ4v) is 4.61. The lowest BCUT2D eigenvalue weighted by Gasteiger charge is -2.18. The normalized spacial score (nSPS) is 15.3. The predicted molar refractivity (Wildman–Crippen MR) is 102 cm³/mol. The number of alkyl halides is 3. The van der Waals surface area contributed by atoms with E-state index in [9.17, 15) is 37.1 Å². The molecule has 1 fully saturated rings. The molecule has 0 amide bonds. The molecule has 1 unspecified atom stereocenters. The van der Waals surface area contributed by atoms with E-state index in [0.29, 0.717) is 12.8 Å². The second-order valence-electron chi connectivity index (χ2n) is 6.90. The molecule has 0 bridgehead atoms. The fraction of sp³-hybridized carbons (Fsp3) is 0.389. The van der Waals surface area contributed by atoms with E-state index >= 15 is 0 Å². The summed E-state index contributed by atoms with van der Waals surface area (Å²) in [4.78, 5) is 36.7. The van der Waals surface area contributed by atoms with Crippen LogP contribution in [-0.2, 0) is 18.0 Å². The van der Waals surface area contributed by atoms with Crippen molar-refractivity contribution in [3.8, 4) is 5.69 Å². The third kappa shape index (κ3) is 4.00. The summed E-state index contributed by atoms with van der Waals surface area (Å²) in [6, 6.07) is 1.81. The molecule has 2 aromatic rings. The van der Waals surface area contributed by atoms with E-state index < -0.39 is 51.4 Å². The molecule has 0 spiro atoms. The summed E-state index contributed by atoms with van der Waals surface area (Å²) in [6.07, 6.45) is -3.56. The first-order chi connectivity index (χ1) is 13.8. The summed E-state index contributed by atoms with van der Waals surface area (Å²) in [5.74, 6) is -2.30. The van der Waals surface area contributed by atoms with Gasteiger partial charge in [0.25, 0.3) is 5.56 Å². The van der Waals surface area contributed by atoms with Gasteiger partial charge in [-0.3, -0.25) is 14.2 Å². The minimum atomic E-state index is -4.96. The van der Waals surface area contributed by atoms with E-state index in [2.05, 4.69) is 0 Å². The molecule has 162 valence electrons. The van der Waals surface area contributed by atoms with Crippen molar-refractivity contribution in [3.05, 3.63) is 55.1 Å².